The lowest BCUT2D eigenvalue weighted by Crippen LogP contribution is -2.50. The van der Waals surface area contributed by atoms with E-state index >= 15 is 0 Å². The number of hydrogen-bond donors (Lipinski definition) is 0. The lowest BCUT2D eigenvalue weighted by atomic mass is 10.00. The zero-order valence-corrected chi connectivity index (χ0v) is 19.7. The first kappa shape index (κ1) is 22.8. The van der Waals surface area contributed by atoms with Crippen molar-refractivity contribution in [3.05, 3.63) is 53.7 Å². The van der Waals surface area contributed by atoms with Gasteiger partial charge in [0.15, 0.2) is 23.1 Å². The van der Waals surface area contributed by atoms with Crippen molar-refractivity contribution in [1.82, 2.24) is 30.0 Å². The Bertz CT molecular complexity index is 1080. The highest BCUT2D eigenvalue weighted by Crippen LogP contribution is 2.40. The number of para-hydroxylation sites is 1. The summed E-state index contributed by atoms with van der Waals surface area (Å²) in [6.45, 7) is 8.56. The van der Waals surface area contributed by atoms with Gasteiger partial charge in [-0.15, -0.1) is 5.10 Å². The maximum absolute atomic E-state index is 12.7. The Morgan fingerprint density at radius 1 is 1.06 bits per heavy atom. The van der Waals surface area contributed by atoms with Crippen molar-refractivity contribution in [3.8, 4) is 11.5 Å². The maximum atomic E-state index is 12.7. The van der Waals surface area contributed by atoms with Gasteiger partial charge < -0.3 is 18.8 Å². The van der Waals surface area contributed by atoms with Crippen molar-refractivity contribution in [3.63, 3.8) is 0 Å². The number of nitrogens with zero attached hydrogens (tertiary/aromatic N) is 6. The van der Waals surface area contributed by atoms with Crippen LogP contribution in [0.5, 0.6) is 11.5 Å². The summed E-state index contributed by atoms with van der Waals surface area (Å²) >= 11 is 0. The average Bonchev–Trinajstić information content (AvgIpc) is 3.51. The van der Waals surface area contributed by atoms with Crippen molar-refractivity contribution >= 4 is 5.91 Å². The number of rotatable bonds is 6. The summed E-state index contributed by atoms with van der Waals surface area (Å²) in [5.41, 5.74) is 0.586. The quantitative estimate of drug-likeness (QED) is 0.561. The lowest BCUT2D eigenvalue weighted by Gasteiger charge is -2.39. The smallest absolute Gasteiger partial charge is 0.289 e. The number of tetrazole rings is 1. The Labute approximate surface area is 193 Å². The molecule has 0 bridgehead atoms. The molecule has 1 aliphatic heterocycles. The Kier molecular flexibility index (Phi) is 6.37. The molecule has 1 amide bonds. The fourth-order valence-corrected chi connectivity index (χ4v) is 4.21. The summed E-state index contributed by atoms with van der Waals surface area (Å²) in [7, 11) is 3.25. The molecule has 33 heavy (non-hydrogen) atoms. The molecule has 176 valence electrons. The molecule has 0 N–H and O–H groups in total. The largest absolute Gasteiger partial charge is 0.493 e. The first-order valence-electron chi connectivity index (χ1n) is 10.9. The maximum Gasteiger partial charge on any atom is 0.289 e. The van der Waals surface area contributed by atoms with Crippen LogP contribution in [-0.4, -0.2) is 76.3 Å². The number of amides is 1. The molecule has 1 aliphatic rings. The molecule has 1 atom stereocenters. The molecular formula is C23H30N6O4. The minimum atomic E-state index is -0.319. The number of benzene rings is 1. The molecule has 10 heteroatoms. The second-order valence-electron chi connectivity index (χ2n) is 8.91. The van der Waals surface area contributed by atoms with Gasteiger partial charge in [-0.1, -0.05) is 12.1 Å². The van der Waals surface area contributed by atoms with E-state index in [1.807, 2.05) is 27.8 Å². The highest BCUT2D eigenvalue weighted by molar-refractivity contribution is 5.91. The van der Waals surface area contributed by atoms with Crippen LogP contribution in [0.25, 0.3) is 0 Å². The first-order valence-corrected chi connectivity index (χ1v) is 10.9. The van der Waals surface area contributed by atoms with E-state index in [2.05, 4.69) is 41.2 Å². The predicted molar refractivity (Wildman–Crippen MR) is 120 cm³/mol. The Balaban J connectivity index is 1.70. The Morgan fingerprint density at radius 2 is 1.82 bits per heavy atom. The molecule has 3 aromatic rings. The zero-order chi connectivity index (χ0) is 23.6. The summed E-state index contributed by atoms with van der Waals surface area (Å²) in [6.07, 6.45) is 1.51. The molecule has 0 spiro atoms. The molecule has 2 aromatic heterocycles. The van der Waals surface area contributed by atoms with Crippen LogP contribution in [0.4, 0.5) is 0 Å². The van der Waals surface area contributed by atoms with E-state index in [1.165, 1.54) is 6.26 Å². The van der Waals surface area contributed by atoms with E-state index in [-0.39, 0.29) is 17.5 Å². The van der Waals surface area contributed by atoms with E-state index in [0.29, 0.717) is 49.3 Å². The van der Waals surface area contributed by atoms with Crippen LogP contribution in [0.1, 0.15) is 48.8 Å². The molecule has 10 nitrogen and oxygen atoms in total. The predicted octanol–water partition coefficient (Wildman–Crippen LogP) is 2.59. The van der Waals surface area contributed by atoms with Gasteiger partial charge in [-0.25, -0.2) is 4.68 Å². The summed E-state index contributed by atoms with van der Waals surface area (Å²) < 4.78 is 18.5. The number of carbonyl (C=O) groups is 1. The van der Waals surface area contributed by atoms with E-state index in [0.717, 1.165) is 5.56 Å². The molecule has 1 fully saturated rings. The van der Waals surface area contributed by atoms with Gasteiger partial charge in [0.05, 0.1) is 26.0 Å². The lowest BCUT2D eigenvalue weighted by molar-refractivity contribution is 0.0554. The van der Waals surface area contributed by atoms with Crippen molar-refractivity contribution < 1.29 is 18.7 Å². The van der Waals surface area contributed by atoms with Crippen LogP contribution in [0.3, 0.4) is 0 Å². The topological polar surface area (TPSA) is 98.8 Å². The minimum Gasteiger partial charge on any atom is -0.493 e. The average molecular weight is 455 g/mol. The van der Waals surface area contributed by atoms with Crippen molar-refractivity contribution in [1.29, 1.82) is 0 Å². The van der Waals surface area contributed by atoms with Gasteiger partial charge in [-0.2, -0.15) is 0 Å². The molecule has 1 aromatic carbocycles. The Hall–Kier alpha value is -3.40. The van der Waals surface area contributed by atoms with Crippen LogP contribution in [0.2, 0.25) is 0 Å². The molecular weight excluding hydrogens is 424 g/mol. The van der Waals surface area contributed by atoms with Crippen LogP contribution >= 0.6 is 0 Å². The van der Waals surface area contributed by atoms with Gasteiger partial charge in [0.1, 0.15) is 6.04 Å². The number of furan rings is 1. The second-order valence-corrected chi connectivity index (χ2v) is 8.91. The summed E-state index contributed by atoms with van der Waals surface area (Å²) in [6, 6.07) is 8.94. The number of hydrogen-bond acceptors (Lipinski definition) is 8. The van der Waals surface area contributed by atoms with Crippen molar-refractivity contribution in [2.45, 2.75) is 32.4 Å². The van der Waals surface area contributed by atoms with Crippen LogP contribution in [0, 0.1) is 0 Å². The van der Waals surface area contributed by atoms with E-state index < -0.39 is 0 Å². The Morgan fingerprint density at radius 3 is 2.42 bits per heavy atom. The molecule has 0 aliphatic carbocycles. The summed E-state index contributed by atoms with van der Waals surface area (Å²) in [5.74, 6) is 2.24. The molecule has 3 heterocycles. The molecule has 0 saturated carbocycles. The van der Waals surface area contributed by atoms with Gasteiger partial charge in [0, 0.05) is 31.7 Å². The van der Waals surface area contributed by atoms with Crippen LogP contribution in [0.15, 0.2) is 41.0 Å². The summed E-state index contributed by atoms with van der Waals surface area (Å²) in [4.78, 5) is 16.8. The standard InChI is InChI=1S/C23H30N6O4/c1-23(2,3)29-21(24-25-26-29)19(16-8-6-9-17(31-4)20(16)32-5)27-11-13-28(14-12-27)22(30)18-10-7-15-33-18/h6-10,15,19H,11-14H2,1-5H3/t19-/m1/s1. The van der Waals surface area contributed by atoms with Gasteiger partial charge in [0.25, 0.3) is 5.91 Å². The SMILES string of the molecule is COc1cccc([C@H](c2nnnn2C(C)(C)C)N2CCN(C(=O)c3ccco3)CC2)c1OC. The highest BCUT2D eigenvalue weighted by atomic mass is 16.5. The van der Waals surface area contributed by atoms with Gasteiger partial charge >= 0.3 is 0 Å². The monoisotopic (exact) mass is 454 g/mol. The number of methoxy groups -OCH3 is 2. The number of aromatic nitrogens is 4. The third-order valence-corrected chi connectivity index (χ3v) is 5.80. The van der Waals surface area contributed by atoms with Crippen LogP contribution < -0.4 is 9.47 Å². The molecule has 1 saturated heterocycles. The minimum absolute atomic E-state index is 0.102. The van der Waals surface area contributed by atoms with E-state index in [9.17, 15) is 4.79 Å². The van der Waals surface area contributed by atoms with Crippen molar-refractivity contribution in [2.75, 3.05) is 40.4 Å². The third-order valence-electron chi connectivity index (χ3n) is 5.80. The van der Waals surface area contributed by atoms with Crippen molar-refractivity contribution in [2.24, 2.45) is 0 Å². The van der Waals surface area contributed by atoms with Gasteiger partial charge in [-0.05, 0) is 49.4 Å². The zero-order valence-electron chi connectivity index (χ0n) is 19.7. The second kappa shape index (κ2) is 9.22. The normalized spacial score (nSPS) is 16.0. The van der Waals surface area contributed by atoms with Gasteiger partial charge in [0.2, 0.25) is 0 Å². The number of piperazine rings is 1. The number of ether oxygens (including phenoxy) is 2. The summed E-state index contributed by atoms with van der Waals surface area (Å²) in [5, 5.41) is 12.7. The molecule has 0 unspecified atom stereocenters. The third kappa shape index (κ3) is 4.43. The van der Waals surface area contributed by atoms with Gasteiger partial charge in [-0.3, -0.25) is 9.69 Å². The number of carbonyl (C=O) groups excluding carboxylic acids is 1. The van der Waals surface area contributed by atoms with Crippen LogP contribution in [-0.2, 0) is 5.54 Å². The molecule has 0 radical (unpaired) electrons. The van der Waals surface area contributed by atoms with E-state index in [4.69, 9.17) is 13.9 Å². The molecule has 4 rings (SSSR count). The van der Waals surface area contributed by atoms with E-state index in [1.54, 1.807) is 26.4 Å². The highest BCUT2D eigenvalue weighted by Gasteiger charge is 2.36. The fourth-order valence-electron chi connectivity index (χ4n) is 4.21. The first-order chi connectivity index (χ1) is 15.8. The fraction of sp³-hybridized carbons (Fsp3) is 0.478.